The molecule has 0 radical (unpaired) electrons. The van der Waals surface area contributed by atoms with E-state index in [4.69, 9.17) is 0 Å². The Morgan fingerprint density at radius 3 is 2.82 bits per heavy atom. The third-order valence-corrected chi connectivity index (χ3v) is 4.59. The second-order valence-corrected chi connectivity index (χ2v) is 6.79. The number of rotatable bonds is 3. The fourth-order valence-electron chi connectivity index (χ4n) is 2.01. The van der Waals surface area contributed by atoms with E-state index >= 15 is 0 Å². The van der Waals surface area contributed by atoms with Gasteiger partial charge in [0, 0.05) is 31.8 Å². The Morgan fingerprint density at radius 2 is 2.23 bits per heavy atom. The van der Waals surface area contributed by atoms with Crippen LogP contribution in [0.2, 0.25) is 0 Å². The van der Waals surface area contributed by atoms with Gasteiger partial charge in [-0.15, -0.1) is 0 Å². The van der Waals surface area contributed by atoms with Crippen molar-refractivity contribution in [1.29, 1.82) is 0 Å². The highest BCUT2D eigenvalue weighted by molar-refractivity contribution is 9.10. The molecule has 5 nitrogen and oxygen atoms in total. The lowest BCUT2D eigenvalue weighted by atomic mass is 10.1. The molecule has 0 aromatic carbocycles. The molecule has 1 saturated heterocycles. The summed E-state index contributed by atoms with van der Waals surface area (Å²) in [6.07, 6.45) is -3.49. The molecule has 0 bridgehead atoms. The van der Waals surface area contributed by atoms with Crippen molar-refractivity contribution in [3.8, 4) is 0 Å². The van der Waals surface area contributed by atoms with E-state index in [2.05, 4.69) is 25.9 Å². The minimum absolute atomic E-state index is 0.0647. The monoisotopic (exact) mass is 397 g/mol. The van der Waals surface area contributed by atoms with Gasteiger partial charge in [-0.3, -0.25) is 14.5 Å². The van der Waals surface area contributed by atoms with Crippen LogP contribution in [0.4, 0.5) is 19.1 Å². The zero-order valence-corrected chi connectivity index (χ0v) is 13.8. The molecular weight excluding hydrogens is 387 g/mol. The van der Waals surface area contributed by atoms with Crippen molar-refractivity contribution in [3.05, 3.63) is 16.4 Å². The molecule has 0 saturated carbocycles. The maximum absolute atomic E-state index is 12.8. The second-order valence-electron chi connectivity index (χ2n) is 4.74. The maximum Gasteiger partial charge on any atom is 0.434 e. The van der Waals surface area contributed by atoms with Crippen LogP contribution in [0.5, 0.6) is 0 Å². The zero-order chi connectivity index (χ0) is 16.5. The van der Waals surface area contributed by atoms with Crippen molar-refractivity contribution in [2.24, 2.45) is 5.92 Å². The molecule has 0 aliphatic carbocycles. The van der Waals surface area contributed by atoms with Gasteiger partial charge in [0.25, 0.3) is 0 Å². The van der Waals surface area contributed by atoms with Gasteiger partial charge in [0.15, 0.2) is 10.8 Å². The first-order chi connectivity index (χ1) is 10.2. The summed E-state index contributed by atoms with van der Waals surface area (Å²) < 4.78 is 38.2. The second kappa shape index (κ2) is 6.53. The predicted molar refractivity (Wildman–Crippen MR) is 78.3 cm³/mol. The van der Waals surface area contributed by atoms with Crippen LogP contribution in [-0.2, 0) is 15.8 Å². The Hall–Kier alpha value is -1.16. The summed E-state index contributed by atoms with van der Waals surface area (Å²) in [5.41, 5.74) is -1.12. The van der Waals surface area contributed by atoms with Gasteiger partial charge in [0.2, 0.25) is 11.9 Å². The normalized spacial score (nSPS) is 18.9. The van der Waals surface area contributed by atoms with Crippen LogP contribution in [0, 0.1) is 5.92 Å². The number of carbonyl (C=O) groups is 2. The quantitative estimate of drug-likeness (QED) is 0.784. The summed E-state index contributed by atoms with van der Waals surface area (Å²) in [7, 11) is 0. The van der Waals surface area contributed by atoms with Crippen LogP contribution in [0.25, 0.3) is 0 Å². The first-order valence-corrected chi connectivity index (χ1v) is 8.00. The largest absolute Gasteiger partial charge is 0.434 e. The lowest BCUT2D eigenvalue weighted by Gasteiger charge is -2.16. The molecule has 1 aromatic rings. The van der Waals surface area contributed by atoms with Gasteiger partial charge >= 0.3 is 6.18 Å². The number of hydrogen-bond acceptors (Lipinski definition) is 5. The summed E-state index contributed by atoms with van der Waals surface area (Å²) in [6, 6.07) is 0. The highest BCUT2D eigenvalue weighted by Crippen LogP contribution is 2.34. The molecule has 1 aromatic heterocycles. The van der Waals surface area contributed by atoms with Crippen LogP contribution >= 0.6 is 27.7 Å². The van der Waals surface area contributed by atoms with Gasteiger partial charge in [-0.2, -0.15) is 13.2 Å². The molecule has 0 spiro atoms. The van der Waals surface area contributed by atoms with Crippen molar-refractivity contribution in [3.63, 3.8) is 0 Å². The van der Waals surface area contributed by atoms with Crippen LogP contribution < -0.4 is 4.90 Å². The van der Waals surface area contributed by atoms with Gasteiger partial charge in [0.05, 0.1) is 4.47 Å². The molecule has 1 amide bonds. The van der Waals surface area contributed by atoms with Crippen LogP contribution in [0.3, 0.4) is 0 Å². The Labute approximate surface area is 136 Å². The number of thioether (sulfide) groups is 1. The first kappa shape index (κ1) is 17.2. The molecule has 0 N–H and O–H groups in total. The zero-order valence-electron chi connectivity index (χ0n) is 11.4. The predicted octanol–water partition coefficient (Wildman–Crippen LogP) is 2.89. The van der Waals surface area contributed by atoms with E-state index in [-0.39, 0.29) is 40.3 Å². The molecule has 10 heteroatoms. The lowest BCUT2D eigenvalue weighted by molar-refractivity contribution is -0.142. The molecule has 1 aliphatic heterocycles. The topological polar surface area (TPSA) is 63.2 Å². The molecule has 120 valence electrons. The average Bonchev–Trinajstić information content (AvgIpc) is 2.77. The summed E-state index contributed by atoms with van der Waals surface area (Å²) in [6.45, 7) is 1.63. The molecule has 1 unspecified atom stereocenters. The van der Waals surface area contributed by atoms with E-state index in [9.17, 15) is 22.8 Å². The SMILES string of the molecule is CC(=O)SCC1CC(=O)N(c2ncc(Br)c(C(F)(F)F)n2)C1. The summed E-state index contributed by atoms with van der Waals surface area (Å²) >= 11 is 3.84. The first-order valence-electron chi connectivity index (χ1n) is 6.22. The highest BCUT2D eigenvalue weighted by Gasteiger charge is 2.38. The number of nitrogens with zero attached hydrogens (tertiary/aromatic N) is 3. The van der Waals surface area contributed by atoms with Crippen molar-refractivity contribution in [1.82, 2.24) is 9.97 Å². The van der Waals surface area contributed by atoms with Gasteiger partial charge in [0.1, 0.15) is 0 Å². The van der Waals surface area contributed by atoms with E-state index < -0.39 is 11.9 Å². The third-order valence-electron chi connectivity index (χ3n) is 2.97. The summed E-state index contributed by atoms with van der Waals surface area (Å²) in [5.74, 6) is -0.274. The Balaban J connectivity index is 2.18. The molecule has 2 heterocycles. The minimum Gasteiger partial charge on any atom is -0.288 e. The van der Waals surface area contributed by atoms with Crippen molar-refractivity contribution >= 4 is 44.7 Å². The van der Waals surface area contributed by atoms with Crippen molar-refractivity contribution in [2.45, 2.75) is 19.5 Å². The average molecular weight is 398 g/mol. The van der Waals surface area contributed by atoms with E-state index in [0.717, 1.165) is 22.9 Å². The number of alkyl halides is 3. The minimum atomic E-state index is -4.64. The van der Waals surface area contributed by atoms with Crippen LogP contribution in [-0.4, -0.2) is 33.3 Å². The Morgan fingerprint density at radius 1 is 1.55 bits per heavy atom. The number of aromatic nitrogens is 2. The van der Waals surface area contributed by atoms with Crippen LogP contribution in [0.15, 0.2) is 10.7 Å². The Bertz CT molecular complexity index is 612. The molecule has 1 fully saturated rings. The van der Waals surface area contributed by atoms with Gasteiger partial charge in [-0.05, 0) is 21.8 Å². The van der Waals surface area contributed by atoms with Gasteiger partial charge in [-0.1, -0.05) is 11.8 Å². The smallest absolute Gasteiger partial charge is 0.288 e. The van der Waals surface area contributed by atoms with Gasteiger partial charge < -0.3 is 0 Å². The molecule has 22 heavy (non-hydrogen) atoms. The summed E-state index contributed by atoms with van der Waals surface area (Å²) in [4.78, 5) is 31.2. The van der Waals surface area contributed by atoms with Crippen molar-refractivity contribution < 1.29 is 22.8 Å². The Kier molecular flexibility index (Phi) is 5.10. The molecular formula is C12H11BrF3N3O2S. The molecule has 1 atom stereocenters. The standard InChI is InChI=1S/C12H11BrF3N3O2S/c1-6(20)22-5-7-2-9(21)19(4-7)11-17-3-8(13)10(18-11)12(14,15)16/h3,7H,2,4-5H2,1H3. The number of amides is 1. The maximum atomic E-state index is 12.8. The highest BCUT2D eigenvalue weighted by atomic mass is 79.9. The summed E-state index contributed by atoms with van der Waals surface area (Å²) in [5, 5.41) is -0.0647. The van der Waals surface area contributed by atoms with Crippen LogP contribution in [0.1, 0.15) is 19.0 Å². The van der Waals surface area contributed by atoms with E-state index in [1.54, 1.807) is 0 Å². The van der Waals surface area contributed by atoms with E-state index in [1.165, 1.54) is 6.92 Å². The number of anilines is 1. The van der Waals surface area contributed by atoms with Crippen molar-refractivity contribution in [2.75, 3.05) is 17.2 Å². The number of carbonyl (C=O) groups excluding carboxylic acids is 2. The molecule has 1 aliphatic rings. The third kappa shape index (κ3) is 3.97. The molecule has 2 rings (SSSR count). The number of halogens is 4. The fourth-order valence-corrected chi connectivity index (χ4v) is 3.12. The van der Waals surface area contributed by atoms with E-state index in [1.807, 2.05) is 0 Å². The fraction of sp³-hybridized carbons (Fsp3) is 0.500. The number of hydrogen-bond donors (Lipinski definition) is 0. The lowest BCUT2D eigenvalue weighted by Crippen LogP contribution is -2.28. The van der Waals surface area contributed by atoms with E-state index in [0.29, 0.717) is 5.75 Å². The van der Waals surface area contributed by atoms with Gasteiger partial charge in [-0.25, -0.2) is 9.97 Å².